The van der Waals surface area contributed by atoms with Gasteiger partial charge < -0.3 is 20.1 Å². The Morgan fingerprint density at radius 1 is 1.03 bits per heavy atom. The number of ether oxygens (including phenoxy) is 2. The van der Waals surface area contributed by atoms with Gasteiger partial charge in [0, 0.05) is 37.0 Å². The predicted octanol–water partition coefficient (Wildman–Crippen LogP) is 2.84. The lowest BCUT2D eigenvalue weighted by Crippen LogP contribution is -2.36. The molecular formula is C24H23N5O4. The third-order valence-corrected chi connectivity index (χ3v) is 4.75. The summed E-state index contributed by atoms with van der Waals surface area (Å²) in [6, 6.07) is 17.9. The second-order valence-corrected chi connectivity index (χ2v) is 7.24. The topological polar surface area (TPSA) is 114 Å². The van der Waals surface area contributed by atoms with Crippen molar-refractivity contribution in [2.24, 2.45) is 4.99 Å². The number of nitrogens with one attached hydrogen (secondary N) is 3. The number of guanidine groups is 1. The summed E-state index contributed by atoms with van der Waals surface area (Å²) in [5.41, 5.74) is 2.80. The average molecular weight is 445 g/mol. The van der Waals surface area contributed by atoms with Crippen LogP contribution in [-0.2, 0) is 17.9 Å². The monoisotopic (exact) mass is 445 g/mol. The number of aliphatic imine (C=N–C) groups is 1. The number of hydrogen-bond acceptors (Lipinski definition) is 6. The molecule has 0 atom stereocenters. The van der Waals surface area contributed by atoms with Crippen LogP contribution in [0.2, 0.25) is 0 Å². The first-order valence-corrected chi connectivity index (χ1v) is 10.3. The van der Waals surface area contributed by atoms with Crippen LogP contribution in [-0.4, -0.2) is 29.6 Å². The number of nitrogens with zero attached hydrogens (tertiary/aromatic N) is 2. The molecule has 1 aromatic heterocycles. The van der Waals surface area contributed by atoms with Gasteiger partial charge in [-0.15, -0.1) is 0 Å². The Hall–Kier alpha value is -4.40. The van der Waals surface area contributed by atoms with E-state index in [1.54, 1.807) is 42.6 Å². The van der Waals surface area contributed by atoms with Crippen molar-refractivity contribution in [3.05, 3.63) is 83.7 Å². The molecule has 3 N–H and O–H groups in total. The zero-order valence-electron chi connectivity index (χ0n) is 18.0. The van der Waals surface area contributed by atoms with Crippen LogP contribution in [0.3, 0.4) is 0 Å². The minimum absolute atomic E-state index is 0.111. The van der Waals surface area contributed by atoms with Crippen molar-refractivity contribution in [2.75, 3.05) is 12.1 Å². The van der Waals surface area contributed by atoms with Gasteiger partial charge in [-0.25, -0.2) is 4.99 Å². The van der Waals surface area contributed by atoms with E-state index < -0.39 is 0 Å². The van der Waals surface area contributed by atoms with Crippen molar-refractivity contribution in [2.45, 2.75) is 20.0 Å². The van der Waals surface area contributed by atoms with Gasteiger partial charge in [-0.1, -0.05) is 18.2 Å². The SMILES string of the molecule is CC(=O)NCc1ccc(C(=O)NC(=NCc2ccccn2)Nc2ccc3c(c2)OCO3)cc1. The molecule has 2 heterocycles. The molecule has 0 fully saturated rings. The zero-order chi connectivity index (χ0) is 23.0. The lowest BCUT2D eigenvalue weighted by molar-refractivity contribution is -0.119. The number of carbonyl (C=O) groups excluding carboxylic acids is 2. The van der Waals surface area contributed by atoms with Gasteiger partial charge in [0.15, 0.2) is 11.5 Å². The highest BCUT2D eigenvalue weighted by molar-refractivity contribution is 6.10. The van der Waals surface area contributed by atoms with Crippen LogP contribution in [0, 0.1) is 0 Å². The first-order chi connectivity index (χ1) is 16.1. The summed E-state index contributed by atoms with van der Waals surface area (Å²) in [6.45, 7) is 2.32. The van der Waals surface area contributed by atoms with E-state index in [2.05, 4.69) is 25.9 Å². The second kappa shape index (κ2) is 10.3. The quantitative estimate of drug-likeness (QED) is 0.397. The summed E-state index contributed by atoms with van der Waals surface area (Å²) in [4.78, 5) is 32.7. The van der Waals surface area contributed by atoms with E-state index >= 15 is 0 Å². The Bertz CT molecular complexity index is 1160. The zero-order valence-corrected chi connectivity index (χ0v) is 18.0. The number of anilines is 1. The third kappa shape index (κ3) is 6.07. The first kappa shape index (κ1) is 21.8. The maximum atomic E-state index is 12.9. The van der Waals surface area contributed by atoms with Crippen molar-refractivity contribution >= 4 is 23.5 Å². The van der Waals surface area contributed by atoms with Gasteiger partial charge in [0.05, 0.1) is 12.2 Å². The van der Waals surface area contributed by atoms with E-state index in [9.17, 15) is 9.59 Å². The van der Waals surface area contributed by atoms with Gasteiger partial charge in [0.2, 0.25) is 18.7 Å². The molecule has 3 aromatic rings. The maximum absolute atomic E-state index is 12.9. The number of aromatic nitrogens is 1. The summed E-state index contributed by atoms with van der Waals surface area (Å²) in [5, 5.41) is 8.68. The van der Waals surface area contributed by atoms with E-state index in [-0.39, 0.29) is 31.1 Å². The first-order valence-electron chi connectivity index (χ1n) is 10.3. The minimum Gasteiger partial charge on any atom is -0.454 e. The van der Waals surface area contributed by atoms with Crippen LogP contribution < -0.4 is 25.4 Å². The number of pyridine rings is 1. The lowest BCUT2D eigenvalue weighted by atomic mass is 10.1. The van der Waals surface area contributed by atoms with Gasteiger partial charge in [0.25, 0.3) is 5.91 Å². The molecular weight excluding hydrogens is 422 g/mol. The predicted molar refractivity (Wildman–Crippen MR) is 123 cm³/mol. The highest BCUT2D eigenvalue weighted by Crippen LogP contribution is 2.34. The Morgan fingerprint density at radius 3 is 2.61 bits per heavy atom. The minimum atomic E-state index is -0.325. The molecule has 1 aliphatic heterocycles. The smallest absolute Gasteiger partial charge is 0.257 e. The Kier molecular flexibility index (Phi) is 6.79. The molecule has 2 aromatic carbocycles. The number of rotatable bonds is 6. The van der Waals surface area contributed by atoms with Gasteiger partial charge in [-0.2, -0.15) is 0 Å². The molecule has 9 heteroatoms. The number of amides is 2. The largest absolute Gasteiger partial charge is 0.454 e. The molecule has 0 bridgehead atoms. The van der Waals surface area contributed by atoms with Crippen molar-refractivity contribution in [3.8, 4) is 11.5 Å². The molecule has 0 aliphatic carbocycles. The Labute approximate surface area is 190 Å². The molecule has 2 amide bonds. The molecule has 4 rings (SSSR count). The average Bonchev–Trinajstić information content (AvgIpc) is 3.30. The van der Waals surface area contributed by atoms with Crippen LogP contribution in [0.5, 0.6) is 11.5 Å². The Morgan fingerprint density at radius 2 is 1.85 bits per heavy atom. The summed E-state index contributed by atoms with van der Waals surface area (Å²) in [7, 11) is 0. The van der Waals surface area contributed by atoms with Crippen molar-refractivity contribution in [1.82, 2.24) is 15.6 Å². The van der Waals surface area contributed by atoms with Gasteiger partial charge in [0.1, 0.15) is 0 Å². The molecule has 168 valence electrons. The Balaban J connectivity index is 1.48. The fourth-order valence-electron chi connectivity index (χ4n) is 3.05. The molecule has 0 spiro atoms. The maximum Gasteiger partial charge on any atom is 0.257 e. The van der Waals surface area contributed by atoms with Crippen LogP contribution in [0.25, 0.3) is 0 Å². The summed E-state index contributed by atoms with van der Waals surface area (Å²) in [6.07, 6.45) is 1.69. The fraction of sp³-hybridized carbons (Fsp3) is 0.167. The van der Waals surface area contributed by atoms with E-state index in [1.807, 2.05) is 24.3 Å². The van der Waals surface area contributed by atoms with E-state index in [0.717, 1.165) is 11.3 Å². The number of hydrogen-bond donors (Lipinski definition) is 3. The van der Waals surface area contributed by atoms with E-state index in [4.69, 9.17) is 9.47 Å². The summed E-state index contributed by atoms with van der Waals surface area (Å²) in [5.74, 6) is 1.11. The number of carbonyl (C=O) groups is 2. The molecule has 0 saturated carbocycles. The summed E-state index contributed by atoms with van der Waals surface area (Å²) < 4.78 is 10.8. The summed E-state index contributed by atoms with van der Waals surface area (Å²) >= 11 is 0. The van der Waals surface area contributed by atoms with E-state index in [1.165, 1.54) is 6.92 Å². The van der Waals surface area contributed by atoms with Gasteiger partial charge in [-0.3, -0.25) is 19.9 Å². The van der Waals surface area contributed by atoms with Crippen molar-refractivity contribution in [3.63, 3.8) is 0 Å². The van der Waals surface area contributed by atoms with Crippen molar-refractivity contribution < 1.29 is 19.1 Å². The van der Waals surface area contributed by atoms with E-state index in [0.29, 0.717) is 29.3 Å². The normalized spacial score (nSPS) is 12.2. The molecule has 9 nitrogen and oxygen atoms in total. The fourth-order valence-corrected chi connectivity index (χ4v) is 3.05. The molecule has 0 radical (unpaired) electrons. The molecule has 0 saturated heterocycles. The number of benzene rings is 2. The third-order valence-electron chi connectivity index (χ3n) is 4.75. The second-order valence-electron chi connectivity index (χ2n) is 7.24. The highest BCUT2D eigenvalue weighted by Gasteiger charge is 2.15. The van der Waals surface area contributed by atoms with Crippen molar-refractivity contribution in [1.29, 1.82) is 0 Å². The van der Waals surface area contributed by atoms with Crippen LogP contribution in [0.1, 0.15) is 28.5 Å². The van der Waals surface area contributed by atoms with Crippen LogP contribution >= 0.6 is 0 Å². The molecule has 1 aliphatic rings. The van der Waals surface area contributed by atoms with Crippen LogP contribution in [0.15, 0.2) is 71.9 Å². The van der Waals surface area contributed by atoms with Crippen LogP contribution in [0.4, 0.5) is 5.69 Å². The highest BCUT2D eigenvalue weighted by atomic mass is 16.7. The van der Waals surface area contributed by atoms with Gasteiger partial charge >= 0.3 is 0 Å². The lowest BCUT2D eigenvalue weighted by Gasteiger charge is -2.13. The number of fused-ring (bicyclic) bond motifs is 1. The molecule has 33 heavy (non-hydrogen) atoms. The van der Waals surface area contributed by atoms with Gasteiger partial charge in [-0.05, 0) is 42.0 Å². The molecule has 0 unspecified atom stereocenters. The standard InChI is InChI=1S/C24H23N5O4/c1-16(30)26-13-17-5-7-18(8-6-17)23(31)29-24(27-14-20-4-2-3-11-25-20)28-19-9-10-21-22(12-19)33-15-32-21/h2-12H,13-15H2,1H3,(H,26,30)(H2,27,28,29,31).